The summed E-state index contributed by atoms with van der Waals surface area (Å²) in [7, 11) is 0. The highest BCUT2D eigenvalue weighted by molar-refractivity contribution is 14.1. The first-order valence-electron chi connectivity index (χ1n) is 4.44. The third-order valence-electron chi connectivity index (χ3n) is 1.76. The third-order valence-corrected chi connectivity index (χ3v) is 4.05. The molecule has 3 nitrogen and oxygen atoms in total. The van der Waals surface area contributed by atoms with E-state index >= 15 is 0 Å². The first-order valence-corrected chi connectivity index (χ1v) is 6.50. The van der Waals surface area contributed by atoms with Gasteiger partial charge in [0.05, 0.1) is 0 Å². The molecule has 4 N–H and O–H groups in total. The van der Waals surface area contributed by atoms with Crippen molar-refractivity contribution in [1.82, 2.24) is 5.43 Å². The average molecular weight is 341 g/mol. The summed E-state index contributed by atoms with van der Waals surface area (Å²) in [4.78, 5) is 0.962. The molecular weight excluding hydrogens is 328 g/mol. The summed E-state index contributed by atoms with van der Waals surface area (Å²) in [6.07, 6.45) is 0. The van der Waals surface area contributed by atoms with E-state index in [1.54, 1.807) is 0 Å². The van der Waals surface area contributed by atoms with Gasteiger partial charge in [0.1, 0.15) is 6.01 Å². The van der Waals surface area contributed by atoms with E-state index in [9.17, 15) is 4.39 Å². The van der Waals surface area contributed by atoms with Gasteiger partial charge in [0.2, 0.25) is 0 Å². The van der Waals surface area contributed by atoms with Gasteiger partial charge in [0.25, 0.3) is 0 Å². The fourth-order valence-corrected chi connectivity index (χ4v) is 2.63. The number of alkyl halides is 1. The summed E-state index contributed by atoms with van der Waals surface area (Å²) in [6.45, 7) is 1.44. The Morgan fingerprint density at radius 1 is 1.40 bits per heavy atom. The second-order valence-electron chi connectivity index (χ2n) is 2.75. The van der Waals surface area contributed by atoms with Crippen LogP contribution in [0.15, 0.2) is 23.1 Å². The molecule has 0 heterocycles. The van der Waals surface area contributed by atoms with E-state index in [0.717, 1.165) is 20.7 Å². The molecule has 0 amide bonds. The second kappa shape index (κ2) is 7.26. The molecule has 0 spiro atoms. The Kier molecular flexibility index (Phi) is 6.30. The van der Waals surface area contributed by atoms with Gasteiger partial charge in [0, 0.05) is 27.2 Å². The summed E-state index contributed by atoms with van der Waals surface area (Å²) in [5, 5.41) is 3.23. The SMILES string of the molecule is NNCCNc1cccc(SCF)c1I. The van der Waals surface area contributed by atoms with E-state index < -0.39 is 6.01 Å². The maximum Gasteiger partial charge on any atom is 0.139 e. The minimum absolute atomic E-state index is 0.399. The molecule has 15 heavy (non-hydrogen) atoms. The lowest BCUT2D eigenvalue weighted by molar-refractivity contribution is 0.605. The van der Waals surface area contributed by atoms with Crippen LogP contribution in [-0.2, 0) is 0 Å². The molecule has 1 aromatic carbocycles. The summed E-state index contributed by atoms with van der Waals surface area (Å²) < 4.78 is 13.3. The Bertz CT molecular complexity index is 311. The van der Waals surface area contributed by atoms with Crippen molar-refractivity contribution in [3.8, 4) is 0 Å². The summed E-state index contributed by atoms with van der Waals surface area (Å²) in [5.41, 5.74) is 3.58. The number of halogens is 2. The van der Waals surface area contributed by atoms with Crippen LogP contribution in [0, 0.1) is 3.57 Å². The van der Waals surface area contributed by atoms with E-state index in [2.05, 4.69) is 33.3 Å². The van der Waals surface area contributed by atoms with Crippen LogP contribution >= 0.6 is 34.4 Å². The molecule has 0 aliphatic rings. The topological polar surface area (TPSA) is 50.1 Å². The quantitative estimate of drug-likeness (QED) is 0.244. The smallest absolute Gasteiger partial charge is 0.139 e. The van der Waals surface area contributed by atoms with Crippen molar-refractivity contribution in [1.29, 1.82) is 0 Å². The minimum atomic E-state index is -0.399. The zero-order valence-corrected chi connectivity index (χ0v) is 11.1. The van der Waals surface area contributed by atoms with Gasteiger partial charge >= 0.3 is 0 Å². The van der Waals surface area contributed by atoms with Crippen LogP contribution < -0.4 is 16.6 Å². The van der Waals surface area contributed by atoms with E-state index in [1.165, 1.54) is 11.8 Å². The number of nitrogens with one attached hydrogen (secondary N) is 2. The van der Waals surface area contributed by atoms with Gasteiger partial charge in [-0.05, 0) is 34.7 Å². The fourth-order valence-electron chi connectivity index (χ4n) is 1.09. The highest BCUT2D eigenvalue weighted by atomic mass is 127. The molecule has 0 fully saturated rings. The summed E-state index contributed by atoms with van der Waals surface area (Å²) in [6, 6.07) is 5.40. The molecule has 0 unspecified atom stereocenters. The molecule has 1 rings (SSSR count). The lowest BCUT2D eigenvalue weighted by Crippen LogP contribution is -2.28. The summed E-state index contributed by atoms with van der Waals surface area (Å²) in [5.74, 6) is 5.16. The van der Waals surface area contributed by atoms with Gasteiger partial charge in [-0.3, -0.25) is 11.3 Å². The zero-order chi connectivity index (χ0) is 11.1. The first kappa shape index (κ1) is 13.0. The van der Waals surface area contributed by atoms with Crippen molar-refractivity contribution in [2.24, 2.45) is 5.84 Å². The largest absolute Gasteiger partial charge is 0.383 e. The molecule has 0 aromatic heterocycles. The van der Waals surface area contributed by atoms with Gasteiger partial charge in [-0.15, -0.1) is 0 Å². The molecule has 0 saturated heterocycles. The Morgan fingerprint density at radius 3 is 2.87 bits per heavy atom. The van der Waals surface area contributed by atoms with E-state index in [1.807, 2.05) is 18.2 Å². The minimum Gasteiger partial charge on any atom is -0.383 e. The number of rotatable bonds is 6. The molecule has 0 saturated carbocycles. The number of hydrazine groups is 1. The lowest BCUT2D eigenvalue weighted by atomic mass is 10.3. The monoisotopic (exact) mass is 341 g/mol. The predicted octanol–water partition coefficient (Wildman–Crippen LogP) is 2.19. The van der Waals surface area contributed by atoms with Gasteiger partial charge in [-0.2, -0.15) is 0 Å². The van der Waals surface area contributed by atoms with Gasteiger partial charge < -0.3 is 5.32 Å². The standard InChI is InChI=1S/C9H13FIN3S/c10-6-15-8-3-1-2-7(9(8)11)13-4-5-14-12/h1-3,13-14H,4-6,12H2. The van der Waals surface area contributed by atoms with Crippen LogP contribution in [0.25, 0.3) is 0 Å². The number of hydrogen-bond acceptors (Lipinski definition) is 4. The van der Waals surface area contributed by atoms with Crippen LogP contribution in [0.5, 0.6) is 0 Å². The van der Waals surface area contributed by atoms with Crippen LogP contribution in [0.3, 0.4) is 0 Å². The zero-order valence-electron chi connectivity index (χ0n) is 8.09. The van der Waals surface area contributed by atoms with Crippen molar-refractivity contribution in [3.05, 3.63) is 21.8 Å². The Labute approximate surface area is 106 Å². The fraction of sp³-hybridized carbons (Fsp3) is 0.333. The highest BCUT2D eigenvalue weighted by Gasteiger charge is 2.04. The highest BCUT2D eigenvalue weighted by Crippen LogP contribution is 2.29. The molecule has 0 aliphatic heterocycles. The Balaban J connectivity index is 2.66. The number of benzene rings is 1. The average Bonchev–Trinajstić information content (AvgIpc) is 2.24. The van der Waals surface area contributed by atoms with Crippen LogP contribution in [-0.4, -0.2) is 19.1 Å². The number of thioether (sulfide) groups is 1. The van der Waals surface area contributed by atoms with Gasteiger partial charge in [-0.1, -0.05) is 17.8 Å². The van der Waals surface area contributed by atoms with Crippen molar-refractivity contribution >= 4 is 40.0 Å². The second-order valence-corrected chi connectivity index (χ2v) is 4.78. The van der Waals surface area contributed by atoms with Crippen molar-refractivity contribution in [2.75, 3.05) is 24.4 Å². The van der Waals surface area contributed by atoms with Crippen molar-refractivity contribution in [2.45, 2.75) is 4.90 Å². The maximum atomic E-state index is 12.2. The number of hydrogen-bond donors (Lipinski definition) is 3. The molecule has 6 heteroatoms. The van der Waals surface area contributed by atoms with Crippen molar-refractivity contribution in [3.63, 3.8) is 0 Å². The molecule has 0 radical (unpaired) electrons. The van der Waals surface area contributed by atoms with E-state index in [0.29, 0.717) is 6.54 Å². The Hall–Kier alpha value is -0.0500. The van der Waals surface area contributed by atoms with Crippen LogP contribution in [0.2, 0.25) is 0 Å². The molecule has 0 bridgehead atoms. The summed E-state index contributed by atoms with van der Waals surface area (Å²) >= 11 is 3.42. The van der Waals surface area contributed by atoms with Gasteiger partial charge in [0.15, 0.2) is 0 Å². The maximum absolute atomic E-state index is 12.2. The van der Waals surface area contributed by atoms with E-state index in [4.69, 9.17) is 5.84 Å². The first-order chi connectivity index (χ1) is 7.29. The van der Waals surface area contributed by atoms with Crippen molar-refractivity contribution < 1.29 is 4.39 Å². The molecule has 0 atom stereocenters. The van der Waals surface area contributed by atoms with Gasteiger partial charge in [-0.25, -0.2) is 4.39 Å². The molecule has 0 aliphatic carbocycles. The molecule has 1 aromatic rings. The number of nitrogens with two attached hydrogens (primary N) is 1. The Morgan fingerprint density at radius 2 is 2.20 bits per heavy atom. The third kappa shape index (κ3) is 4.13. The normalized spacial score (nSPS) is 10.3. The van der Waals surface area contributed by atoms with Crippen LogP contribution in [0.4, 0.5) is 10.1 Å². The van der Waals surface area contributed by atoms with E-state index in [-0.39, 0.29) is 0 Å². The molecule has 84 valence electrons. The van der Waals surface area contributed by atoms with Crippen LogP contribution in [0.1, 0.15) is 0 Å². The molecular formula is C9H13FIN3S. The number of anilines is 1. The predicted molar refractivity (Wildman–Crippen MR) is 71.7 cm³/mol. The lowest BCUT2D eigenvalue weighted by Gasteiger charge is -2.10.